The van der Waals surface area contributed by atoms with Crippen LogP contribution in [-0.4, -0.2) is 57.8 Å². The lowest BCUT2D eigenvalue weighted by molar-refractivity contribution is 0.155. The van der Waals surface area contributed by atoms with Crippen LogP contribution >= 0.6 is 0 Å². The maximum Gasteiger partial charge on any atom is 0.271 e. The van der Waals surface area contributed by atoms with E-state index < -0.39 is 0 Å². The van der Waals surface area contributed by atoms with Crippen LogP contribution in [0.3, 0.4) is 0 Å². The van der Waals surface area contributed by atoms with Crippen LogP contribution in [-0.2, 0) is 19.5 Å². The second-order valence-electron chi connectivity index (χ2n) is 7.63. The summed E-state index contributed by atoms with van der Waals surface area (Å²) in [4.78, 5) is 14.9. The van der Waals surface area contributed by atoms with E-state index in [4.69, 9.17) is 4.74 Å². The largest absolute Gasteiger partial charge is 0.493 e. The van der Waals surface area contributed by atoms with Gasteiger partial charge in [-0.1, -0.05) is 0 Å². The first-order valence-electron chi connectivity index (χ1n) is 9.99. The molecule has 7 heteroatoms. The summed E-state index contributed by atoms with van der Waals surface area (Å²) >= 11 is 0. The van der Waals surface area contributed by atoms with E-state index in [1.807, 2.05) is 23.1 Å². The number of hydrogen-bond acceptors (Lipinski definition) is 6. The fourth-order valence-electron chi connectivity index (χ4n) is 3.66. The van der Waals surface area contributed by atoms with Gasteiger partial charge in [0, 0.05) is 43.7 Å². The summed E-state index contributed by atoms with van der Waals surface area (Å²) in [6, 6.07) is 7.91. The van der Waals surface area contributed by atoms with Crippen LogP contribution in [0.2, 0.25) is 0 Å². The Hall–Kier alpha value is -2.22. The van der Waals surface area contributed by atoms with Gasteiger partial charge >= 0.3 is 0 Å². The van der Waals surface area contributed by atoms with Gasteiger partial charge in [-0.15, -0.1) is 0 Å². The molecule has 28 heavy (non-hydrogen) atoms. The Kier molecular flexibility index (Phi) is 5.75. The molecule has 0 atom stereocenters. The van der Waals surface area contributed by atoms with Gasteiger partial charge in [0.05, 0.1) is 25.5 Å². The summed E-state index contributed by atoms with van der Waals surface area (Å²) < 4.78 is 7.19. The summed E-state index contributed by atoms with van der Waals surface area (Å²) in [5.41, 5.74) is 3.48. The number of benzene rings is 1. The molecule has 1 saturated carbocycles. The Morgan fingerprint density at radius 1 is 1.18 bits per heavy atom. The number of aromatic nitrogens is 2. The molecular weight excluding hydrogens is 358 g/mol. The van der Waals surface area contributed by atoms with Gasteiger partial charge in [0.15, 0.2) is 0 Å². The Morgan fingerprint density at radius 3 is 2.68 bits per heavy atom. The topological polar surface area (TPSA) is 87.8 Å². The number of rotatable bonds is 9. The average Bonchev–Trinajstić information content (AvgIpc) is 3.38. The lowest BCUT2D eigenvalue weighted by Crippen LogP contribution is -2.34. The van der Waals surface area contributed by atoms with Crippen molar-refractivity contribution in [2.24, 2.45) is 5.92 Å². The highest BCUT2D eigenvalue weighted by Crippen LogP contribution is 2.31. The van der Waals surface area contributed by atoms with Crippen molar-refractivity contribution in [1.29, 1.82) is 0 Å². The average molecular weight is 385 g/mol. The van der Waals surface area contributed by atoms with Gasteiger partial charge in [-0.3, -0.25) is 9.69 Å². The molecular formula is C21H27N3O4. The van der Waals surface area contributed by atoms with Crippen LogP contribution in [0.4, 0.5) is 0 Å². The van der Waals surface area contributed by atoms with Gasteiger partial charge in [0.25, 0.3) is 5.56 Å². The number of fused-ring (bicyclic) bond motifs is 1. The molecule has 1 aliphatic heterocycles. The molecule has 2 aromatic rings. The SMILES string of the molecule is O=c1c(CN(CCO)CCO)cc(-c2ccc3c(c2)CCO3)nn1CC1CC1. The molecule has 2 aliphatic rings. The minimum absolute atomic E-state index is 0.0149. The van der Waals surface area contributed by atoms with Crippen molar-refractivity contribution in [2.45, 2.75) is 32.4 Å². The summed E-state index contributed by atoms with van der Waals surface area (Å²) in [5, 5.41) is 23.2. The molecule has 0 bridgehead atoms. The first kappa shape index (κ1) is 19.1. The minimum atomic E-state index is -0.0824. The molecule has 0 radical (unpaired) electrons. The first-order valence-corrected chi connectivity index (χ1v) is 9.99. The van der Waals surface area contributed by atoms with Crippen molar-refractivity contribution in [3.05, 3.63) is 45.7 Å². The molecule has 150 valence electrons. The molecule has 0 unspecified atom stereocenters. The highest BCUT2D eigenvalue weighted by atomic mass is 16.5. The number of nitrogens with zero attached hydrogens (tertiary/aromatic N) is 3. The highest BCUT2D eigenvalue weighted by molar-refractivity contribution is 5.62. The Morgan fingerprint density at radius 2 is 1.96 bits per heavy atom. The van der Waals surface area contributed by atoms with Gasteiger partial charge in [-0.2, -0.15) is 5.10 Å². The lowest BCUT2D eigenvalue weighted by Gasteiger charge is -2.20. The predicted octanol–water partition coefficient (Wildman–Crippen LogP) is 1.04. The molecule has 1 aromatic heterocycles. The van der Waals surface area contributed by atoms with Gasteiger partial charge in [-0.05, 0) is 48.6 Å². The monoisotopic (exact) mass is 385 g/mol. The minimum Gasteiger partial charge on any atom is -0.493 e. The molecule has 0 amide bonds. The quantitative estimate of drug-likeness (QED) is 0.671. The third kappa shape index (κ3) is 4.27. The second-order valence-corrected chi connectivity index (χ2v) is 7.63. The Labute approximate surface area is 164 Å². The second kappa shape index (κ2) is 8.43. The summed E-state index contributed by atoms with van der Waals surface area (Å²) in [6.45, 7) is 2.53. The number of aliphatic hydroxyl groups is 2. The standard InChI is InChI=1S/C21H27N3O4/c25-8-6-23(7-9-26)14-18-12-19(22-24(21(18)27)13-15-1-2-15)16-3-4-20-17(11-16)5-10-28-20/h3-4,11-12,15,25-26H,1-2,5-10,13-14H2. The van der Waals surface area contributed by atoms with Crippen molar-refractivity contribution >= 4 is 0 Å². The zero-order valence-corrected chi connectivity index (χ0v) is 16.0. The van der Waals surface area contributed by atoms with Crippen molar-refractivity contribution in [1.82, 2.24) is 14.7 Å². The summed E-state index contributed by atoms with van der Waals surface area (Å²) in [6.07, 6.45) is 3.18. The van der Waals surface area contributed by atoms with Crippen molar-refractivity contribution in [2.75, 3.05) is 32.9 Å². The molecule has 7 nitrogen and oxygen atoms in total. The van der Waals surface area contributed by atoms with E-state index in [-0.39, 0.29) is 18.8 Å². The van der Waals surface area contributed by atoms with Crippen LogP contribution in [0.15, 0.2) is 29.1 Å². The summed E-state index contributed by atoms with van der Waals surface area (Å²) in [5.74, 6) is 1.46. The van der Waals surface area contributed by atoms with Crippen LogP contribution in [0, 0.1) is 5.92 Å². The molecule has 2 N–H and O–H groups in total. The number of ether oxygens (including phenoxy) is 1. The third-order valence-electron chi connectivity index (χ3n) is 5.39. The number of hydrogen-bond donors (Lipinski definition) is 2. The molecule has 4 rings (SSSR count). The van der Waals surface area contributed by atoms with E-state index in [2.05, 4.69) is 11.2 Å². The molecule has 1 aromatic carbocycles. The molecule has 0 spiro atoms. The van der Waals surface area contributed by atoms with E-state index >= 15 is 0 Å². The van der Waals surface area contributed by atoms with E-state index in [1.54, 1.807) is 4.68 Å². The molecule has 0 saturated heterocycles. The van der Waals surface area contributed by atoms with Crippen LogP contribution < -0.4 is 10.3 Å². The van der Waals surface area contributed by atoms with Crippen LogP contribution in [0.5, 0.6) is 5.75 Å². The Bertz CT molecular complexity index is 886. The third-order valence-corrected chi connectivity index (χ3v) is 5.39. The maximum atomic E-state index is 13.0. The van der Waals surface area contributed by atoms with Crippen molar-refractivity contribution < 1.29 is 14.9 Å². The van der Waals surface area contributed by atoms with Gasteiger partial charge in [0.2, 0.25) is 0 Å². The van der Waals surface area contributed by atoms with Gasteiger partial charge in [-0.25, -0.2) is 4.68 Å². The highest BCUT2D eigenvalue weighted by Gasteiger charge is 2.24. The smallest absolute Gasteiger partial charge is 0.271 e. The number of aliphatic hydroxyl groups excluding tert-OH is 2. The fourth-order valence-corrected chi connectivity index (χ4v) is 3.66. The first-order chi connectivity index (χ1) is 13.7. The lowest BCUT2D eigenvalue weighted by atomic mass is 10.0. The molecule has 1 fully saturated rings. The van der Waals surface area contributed by atoms with Crippen LogP contribution in [0.25, 0.3) is 11.3 Å². The normalized spacial score (nSPS) is 15.7. The van der Waals surface area contributed by atoms with E-state index in [9.17, 15) is 15.0 Å². The maximum absolute atomic E-state index is 13.0. The van der Waals surface area contributed by atoms with Crippen molar-refractivity contribution in [3.8, 4) is 17.0 Å². The van der Waals surface area contributed by atoms with E-state index in [0.717, 1.165) is 36.3 Å². The fraction of sp³-hybridized carbons (Fsp3) is 0.524. The van der Waals surface area contributed by atoms with Gasteiger partial charge in [0.1, 0.15) is 5.75 Å². The van der Waals surface area contributed by atoms with Crippen LogP contribution in [0.1, 0.15) is 24.0 Å². The Balaban J connectivity index is 1.70. The van der Waals surface area contributed by atoms with E-state index in [0.29, 0.717) is 44.3 Å². The zero-order chi connectivity index (χ0) is 19.5. The molecule has 2 heterocycles. The van der Waals surface area contributed by atoms with Crippen molar-refractivity contribution in [3.63, 3.8) is 0 Å². The summed E-state index contributed by atoms with van der Waals surface area (Å²) in [7, 11) is 0. The zero-order valence-electron chi connectivity index (χ0n) is 16.0. The van der Waals surface area contributed by atoms with E-state index in [1.165, 1.54) is 5.56 Å². The predicted molar refractivity (Wildman–Crippen MR) is 105 cm³/mol. The molecule has 1 aliphatic carbocycles. The van der Waals surface area contributed by atoms with Gasteiger partial charge < -0.3 is 14.9 Å².